The molecule has 0 bridgehead atoms. The lowest BCUT2D eigenvalue weighted by molar-refractivity contribution is 0.612. The van der Waals surface area contributed by atoms with Crippen LogP contribution in [0.5, 0.6) is 0 Å². The van der Waals surface area contributed by atoms with E-state index in [1.165, 1.54) is 6.07 Å². The quantitative estimate of drug-likeness (QED) is 0.937. The van der Waals surface area contributed by atoms with E-state index in [4.69, 9.17) is 0 Å². The van der Waals surface area contributed by atoms with Gasteiger partial charge >= 0.3 is 0 Å². The fourth-order valence-corrected chi connectivity index (χ4v) is 2.13. The molecule has 4 heteroatoms. The zero-order valence-corrected chi connectivity index (χ0v) is 11.8. The van der Waals surface area contributed by atoms with Crippen molar-refractivity contribution in [2.24, 2.45) is 0 Å². The van der Waals surface area contributed by atoms with E-state index in [9.17, 15) is 4.39 Å². The Kier molecular flexibility index (Phi) is 4.09. The van der Waals surface area contributed by atoms with E-state index in [0.717, 1.165) is 15.7 Å². The monoisotopic (exact) mass is 308 g/mol. The van der Waals surface area contributed by atoms with Crippen LogP contribution in [0.3, 0.4) is 0 Å². The molecule has 1 atom stereocenters. The van der Waals surface area contributed by atoms with Crippen LogP contribution in [0.4, 0.5) is 4.39 Å². The molecule has 1 aromatic heterocycles. The van der Waals surface area contributed by atoms with Crippen LogP contribution < -0.4 is 5.32 Å². The number of hydrogen-bond acceptors (Lipinski definition) is 2. The minimum absolute atomic E-state index is 0.0302. The van der Waals surface area contributed by atoms with Gasteiger partial charge in [0.25, 0.3) is 0 Å². The van der Waals surface area contributed by atoms with Crippen LogP contribution in [0.1, 0.15) is 22.9 Å². The number of halogens is 2. The van der Waals surface area contributed by atoms with Gasteiger partial charge in [-0.2, -0.15) is 0 Å². The van der Waals surface area contributed by atoms with Gasteiger partial charge in [0.2, 0.25) is 0 Å². The van der Waals surface area contributed by atoms with Gasteiger partial charge in [0, 0.05) is 10.7 Å². The van der Waals surface area contributed by atoms with Crippen molar-refractivity contribution in [2.45, 2.75) is 13.0 Å². The van der Waals surface area contributed by atoms with E-state index in [1.54, 1.807) is 19.2 Å². The van der Waals surface area contributed by atoms with Crippen LogP contribution in [0.25, 0.3) is 0 Å². The van der Waals surface area contributed by atoms with Crippen molar-refractivity contribution in [1.82, 2.24) is 10.3 Å². The van der Waals surface area contributed by atoms with E-state index < -0.39 is 0 Å². The average Bonchev–Trinajstić information content (AvgIpc) is 2.37. The molecule has 1 heterocycles. The fourth-order valence-electron chi connectivity index (χ4n) is 1.89. The summed E-state index contributed by atoms with van der Waals surface area (Å²) in [5, 5.41) is 3.20. The van der Waals surface area contributed by atoms with Gasteiger partial charge in [-0.25, -0.2) is 4.39 Å². The number of nitrogens with zero attached hydrogens (tertiary/aromatic N) is 1. The summed E-state index contributed by atoms with van der Waals surface area (Å²) in [5.41, 5.74) is 2.56. The van der Waals surface area contributed by atoms with Crippen LogP contribution in [-0.2, 0) is 0 Å². The maximum Gasteiger partial charge on any atom is 0.126 e. The highest BCUT2D eigenvalue weighted by molar-refractivity contribution is 9.10. The first-order valence-corrected chi connectivity index (χ1v) is 6.46. The largest absolute Gasteiger partial charge is 0.308 e. The first-order valence-electron chi connectivity index (χ1n) is 5.66. The number of aromatic nitrogens is 1. The second kappa shape index (κ2) is 5.59. The van der Waals surface area contributed by atoms with E-state index in [-0.39, 0.29) is 11.9 Å². The van der Waals surface area contributed by atoms with Crippen molar-refractivity contribution in [3.8, 4) is 0 Å². The number of hydrogen-bond donors (Lipinski definition) is 1. The van der Waals surface area contributed by atoms with Gasteiger partial charge in [0.05, 0.1) is 11.7 Å². The van der Waals surface area contributed by atoms with Crippen molar-refractivity contribution < 1.29 is 4.39 Å². The van der Waals surface area contributed by atoms with E-state index in [1.807, 2.05) is 25.2 Å². The van der Waals surface area contributed by atoms with Crippen LogP contribution in [0.15, 0.2) is 41.0 Å². The standard InChI is InChI=1S/C14H14BrFN2/c1-9-7-10(3-5-12(9)16)14(17-2)13-6-4-11(15)8-18-13/h3-8,14,17H,1-2H3. The Hall–Kier alpha value is -1.26. The third-order valence-corrected chi connectivity index (χ3v) is 3.32. The topological polar surface area (TPSA) is 24.9 Å². The van der Waals surface area contributed by atoms with Gasteiger partial charge in [0.1, 0.15) is 5.82 Å². The molecule has 2 rings (SSSR count). The molecule has 0 saturated carbocycles. The molecule has 0 amide bonds. The van der Waals surface area contributed by atoms with Crippen molar-refractivity contribution in [1.29, 1.82) is 0 Å². The highest BCUT2D eigenvalue weighted by Crippen LogP contribution is 2.23. The predicted molar refractivity (Wildman–Crippen MR) is 74.0 cm³/mol. The number of aryl methyl sites for hydroxylation is 1. The molecule has 0 spiro atoms. The van der Waals surface area contributed by atoms with E-state index in [2.05, 4.69) is 26.2 Å². The Balaban J connectivity index is 2.38. The van der Waals surface area contributed by atoms with Crippen LogP contribution in [-0.4, -0.2) is 12.0 Å². The number of pyridine rings is 1. The molecule has 0 aliphatic carbocycles. The molecule has 0 aliphatic rings. The van der Waals surface area contributed by atoms with Gasteiger partial charge < -0.3 is 5.32 Å². The van der Waals surface area contributed by atoms with Crippen LogP contribution in [0.2, 0.25) is 0 Å². The number of nitrogens with one attached hydrogen (secondary N) is 1. The Morgan fingerprint density at radius 2 is 2.06 bits per heavy atom. The molecule has 1 aromatic carbocycles. The maximum atomic E-state index is 13.3. The summed E-state index contributed by atoms with van der Waals surface area (Å²) in [5.74, 6) is -0.183. The van der Waals surface area contributed by atoms with Gasteiger partial charge in [0.15, 0.2) is 0 Å². The SMILES string of the molecule is CNC(c1ccc(F)c(C)c1)c1ccc(Br)cn1. The zero-order chi connectivity index (χ0) is 13.1. The molecule has 0 radical (unpaired) electrons. The second-order valence-corrected chi connectivity index (χ2v) is 5.05. The van der Waals surface area contributed by atoms with Gasteiger partial charge in [-0.3, -0.25) is 4.98 Å². The average molecular weight is 309 g/mol. The minimum Gasteiger partial charge on any atom is -0.308 e. The Bertz CT molecular complexity index is 540. The summed E-state index contributed by atoms with van der Waals surface area (Å²) in [6.45, 7) is 1.76. The highest BCUT2D eigenvalue weighted by Gasteiger charge is 2.14. The van der Waals surface area contributed by atoms with Gasteiger partial charge in [-0.15, -0.1) is 0 Å². The van der Waals surface area contributed by atoms with Crippen molar-refractivity contribution in [2.75, 3.05) is 7.05 Å². The highest BCUT2D eigenvalue weighted by atomic mass is 79.9. The lowest BCUT2D eigenvalue weighted by atomic mass is 10.0. The predicted octanol–water partition coefficient (Wildman–Crippen LogP) is 3.60. The zero-order valence-electron chi connectivity index (χ0n) is 10.2. The third-order valence-electron chi connectivity index (χ3n) is 2.85. The third kappa shape index (κ3) is 2.76. The van der Waals surface area contributed by atoms with E-state index in [0.29, 0.717) is 5.56 Å². The Morgan fingerprint density at radius 3 is 2.61 bits per heavy atom. The fraction of sp³-hybridized carbons (Fsp3) is 0.214. The summed E-state index contributed by atoms with van der Waals surface area (Å²) in [6.07, 6.45) is 1.76. The minimum atomic E-state index is -0.183. The first-order chi connectivity index (χ1) is 8.61. The van der Waals surface area contributed by atoms with Crippen molar-refractivity contribution in [3.63, 3.8) is 0 Å². The lowest BCUT2D eigenvalue weighted by Crippen LogP contribution is -2.19. The molecule has 0 fully saturated rings. The number of benzene rings is 1. The normalized spacial score (nSPS) is 12.4. The summed E-state index contributed by atoms with van der Waals surface area (Å²) in [6, 6.07) is 8.99. The number of rotatable bonds is 3. The van der Waals surface area contributed by atoms with E-state index >= 15 is 0 Å². The Morgan fingerprint density at radius 1 is 1.28 bits per heavy atom. The van der Waals surface area contributed by atoms with Crippen molar-refractivity contribution in [3.05, 3.63) is 63.6 Å². The molecule has 0 aliphatic heterocycles. The van der Waals surface area contributed by atoms with Gasteiger partial charge in [-0.05, 0) is 59.2 Å². The summed E-state index contributed by atoms with van der Waals surface area (Å²) >= 11 is 3.36. The summed E-state index contributed by atoms with van der Waals surface area (Å²) < 4.78 is 14.2. The summed E-state index contributed by atoms with van der Waals surface area (Å²) in [4.78, 5) is 4.37. The molecule has 1 unspecified atom stereocenters. The molecule has 94 valence electrons. The molecule has 1 N–H and O–H groups in total. The Labute approximate surface area is 114 Å². The van der Waals surface area contributed by atoms with Crippen LogP contribution >= 0.6 is 15.9 Å². The van der Waals surface area contributed by atoms with Crippen molar-refractivity contribution >= 4 is 15.9 Å². The molecular formula is C14H14BrFN2. The maximum absolute atomic E-state index is 13.3. The molecule has 18 heavy (non-hydrogen) atoms. The molecule has 0 saturated heterocycles. The second-order valence-electron chi connectivity index (χ2n) is 4.13. The molecule has 2 nitrogen and oxygen atoms in total. The molecule has 2 aromatic rings. The summed E-state index contributed by atoms with van der Waals surface area (Å²) in [7, 11) is 1.87. The lowest BCUT2D eigenvalue weighted by Gasteiger charge is -2.17. The first kappa shape index (κ1) is 13.2. The van der Waals surface area contributed by atoms with Gasteiger partial charge in [-0.1, -0.05) is 12.1 Å². The van der Waals surface area contributed by atoms with Crippen LogP contribution in [0, 0.1) is 12.7 Å². The smallest absolute Gasteiger partial charge is 0.126 e. The molecular weight excluding hydrogens is 295 g/mol.